The molecule has 5 nitrogen and oxygen atoms in total. The van der Waals surface area contributed by atoms with E-state index in [1.54, 1.807) is 19.2 Å². The summed E-state index contributed by atoms with van der Waals surface area (Å²) in [5.74, 6) is 0.327. The number of aromatic nitrogens is 2. The molecule has 1 aromatic heterocycles. The van der Waals surface area contributed by atoms with E-state index >= 15 is 0 Å². The molecule has 1 atom stereocenters. The van der Waals surface area contributed by atoms with Crippen LogP contribution in [0.5, 0.6) is 0 Å². The summed E-state index contributed by atoms with van der Waals surface area (Å²) in [6.45, 7) is 1.98. The number of carbonyl (C=O) groups excluding carboxylic acids is 1. The number of rotatable bonds is 4. The Labute approximate surface area is 122 Å². The van der Waals surface area contributed by atoms with Crippen molar-refractivity contribution in [3.8, 4) is 0 Å². The highest BCUT2D eigenvalue weighted by atomic mass is 35.5. The third-order valence-electron chi connectivity index (χ3n) is 2.86. The van der Waals surface area contributed by atoms with Crippen molar-refractivity contribution in [3.63, 3.8) is 0 Å². The zero-order chi connectivity index (χ0) is 14.5. The molecule has 1 unspecified atom stereocenters. The van der Waals surface area contributed by atoms with Crippen molar-refractivity contribution in [2.75, 3.05) is 12.4 Å². The van der Waals surface area contributed by atoms with E-state index in [1.165, 1.54) is 0 Å². The molecule has 0 aliphatic rings. The van der Waals surface area contributed by atoms with E-state index in [0.717, 1.165) is 5.56 Å². The molecule has 0 bridgehead atoms. The Hall–Kier alpha value is -2.14. The van der Waals surface area contributed by atoms with Crippen LogP contribution in [0, 0.1) is 0 Å². The van der Waals surface area contributed by atoms with E-state index in [-0.39, 0.29) is 17.6 Å². The molecule has 0 aliphatic carbocycles. The molecule has 0 aliphatic heterocycles. The minimum absolute atomic E-state index is 0.0103. The monoisotopic (exact) mass is 290 g/mol. The summed E-state index contributed by atoms with van der Waals surface area (Å²) in [7, 11) is 1.55. The van der Waals surface area contributed by atoms with Crippen molar-refractivity contribution in [1.29, 1.82) is 0 Å². The van der Waals surface area contributed by atoms with E-state index in [1.807, 2.05) is 31.2 Å². The van der Waals surface area contributed by atoms with Crippen molar-refractivity contribution < 1.29 is 4.79 Å². The predicted molar refractivity (Wildman–Crippen MR) is 78.9 cm³/mol. The molecule has 0 saturated heterocycles. The molecule has 1 amide bonds. The van der Waals surface area contributed by atoms with Crippen LogP contribution in [0.25, 0.3) is 0 Å². The van der Waals surface area contributed by atoms with E-state index in [4.69, 9.17) is 11.6 Å². The van der Waals surface area contributed by atoms with Crippen LogP contribution in [-0.4, -0.2) is 23.2 Å². The fourth-order valence-corrected chi connectivity index (χ4v) is 2.08. The highest BCUT2D eigenvalue weighted by Gasteiger charge is 2.10. The Morgan fingerprint density at radius 3 is 2.55 bits per heavy atom. The van der Waals surface area contributed by atoms with Crippen LogP contribution in [0.2, 0.25) is 5.02 Å². The molecule has 0 fully saturated rings. The maximum absolute atomic E-state index is 11.4. The van der Waals surface area contributed by atoms with Gasteiger partial charge >= 0.3 is 0 Å². The average Bonchev–Trinajstić information content (AvgIpc) is 2.47. The normalized spacial score (nSPS) is 11.8. The molecule has 104 valence electrons. The van der Waals surface area contributed by atoms with Gasteiger partial charge in [-0.15, -0.1) is 10.2 Å². The summed E-state index contributed by atoms with van der Waals surface area (Å²) < 4.78 is 0. The number of nitrogens with zero attached hydrogens (tertiary/aromatic N) is 2. The second-order valence-electron chi connectivity index (χ2n) is 4.27. The van der Waals surface area contributed by atoms with E-state index < -0.39 is 0 Å². The Bertz CT molecular complexity index is 600. The summed E-state index contributed by atoms with van der Waals surface area (Å²) in [4.78, 5) is 11.4. The average molecular weight is 291 g/mol. The Balaban J connectivity index is 2.10. The first kappa shape index (κ1) is 14.3. The van der Waals surface area contributed by atoms with Crippen molar-refractivity contribution in [3.05, 3.63) is 52.7 Å². The fourth-order valence-electron chi connectivity index (χ4n) is 1.78. The summed E-state index contributed by atoms with van der Waals surface area (Å²) in [6, 6.07) is 10.9. The largest absolute Gasteiger partial charge is 0.362 e. The molecule has 2 rings (SSSR count). The summed E-state index contributed by atoms with van der Waals surface area (Å²) in [5, 5.41) is 14.2. The molecular weight excluding hydrogens is 276 g/mol. The number of hydrogen-bond acceptors (Lipinski definition) is 4. The van der Waals surface area contributed by atoms with Gasteiger partial charge in [0.1, 0.15) is 5.82 Å². The van der Waals surface area contributed by atoms with Gasteiger partial charge in [0.25, 0.3) is 5.91 Å². The number of hydrogen-bond donors (Lipinski definition) is 2. The molecule has 0 spiro atoms. The molecule has 1 aromatic carbocycles. The Morgan fingerprint density at radius 1 is 1.20 bits per heavy atom. The second-order valence-corrected chi connectivity index (χ2v) is 4.68. The maximum Gasteiger partial charge on any atom is 0.271 e. The molecule has 20 heavy (non-hydrogen) atoms. The quantitative estimate of drug-likeness (QED) is 0.908. The van der Waals surface area contributed by atoms with Crippen molar-refractivity contribution in [2.45, 2.75) is 13.0 Å². The number of anilines is 1. The number of benzene rings is 1. The van der Waals surface area contributed by atoms with Gasteiger partial charge in [0.2, 0.25) is 0 Å². The van der Waals surface area contributed by atoms with Crippen LogP contribution in [0.3, 0.4) is 0 Å². The van der Waals surface area contributed by atoms with E-state index in [0.29, 0.717) is 10.8 Å². The zero-order valence-electron chi connectivity index (χ0n) is 11.2. The highest BCUT2D eigenvalue weighted by molar-refractivity contribution is 6.31. The van der Waals surface area contributed by atoms with Crippen LogP contribution >= 0.6 is 11.6 Å². The minimum atomic E-state index is -0.261. The van der Waals surface area contributed by atoms with Gasteiger partial charge in [0.05, 0.1) is 6.04 Å². The van der Waals surface area contributed by atoms with Gasteiger partial charge in [-0.2, -0.15) is 0 Å². The second kappa shape index (κ2) is 6.34. The van der Waals surface area contributed by atoms with Gasteiger partial charge in [0.15, 0.2) is 5.69 Å². The predicted octanol–water partition coefficient (Wildman–Crippen LogP) is 2.66. The van der Waals surface area contributed by atoms with Crippen molar-refractivity contribution in [2.24, 2.45) is 0 Å². The third kappa shape index (κ3) is 3.24. The van der Waals surface area contributed by atoms with E-state index in [9.17, 15) is 4.79 Å². The van der Waals surface area contributed by atoms with Gasteiger partial charge in [0, 0.05) is 12.1 Å². The molecule has 2 aromatic rings. The molecule has 1 heterocycles. The Kier molecular flexibility index (Phi) is 4.53. The first-order valence-electron chi connectivity index (χ1n) is 6.18. The fraction of sp³-hybridized carbons (Fsp3) is 0.214. The lowest BCUT2D eigenvalue weighted by molar-refractivity contribution is 0.0957. The van der Waals surface area contributed by atoms with Gasteiger partial charge < -0.3 is 10.6 Å². The number of amides is 1. The summed E-state index contributed by atoms with van der Waals surface area (Å²) >= 11 is 6.14. The van der Waals surface area contributed by atoms with Crippen LogP contribution in [0.1, 0.15) is 29.0 Å². The molecule has 0 radical (unpaired) electrons. The molecule has 0 saturated carbocycles. The van der Waals surface area contributed by atoms with Crippen LogP contribution in [0.15, 0.2) is 36.4 Å². The lowest BCUT2D eigenvalue weighted by Crippen LogP contribution is -2.20. The van der Waals surface area contributed by atoms with Crippen LogP contribution in [-0.2, 0) is 0 Å². The highest BCUT2D eigenvalue weighted by Crippen LogP contribution is 2.24. The lowest BCUT2D eigenvalue weighted by atomic mass is 10.1. The first-order valence-corrected chi connectivity index (χ1v) is 6.56. The first-order chi connectivity index (χ1) is 9.61. The molecular formula is C14H15ClN4O. The summed E-state index contributed by atoms with van der Waals surface area (Å²) in [6.07, 6.45) is 0. The van der Waals surface area contributed by atoms with E-state index in [2.05, 4.69) is 20.8 Å². The van der Waals surface area contributed by atoms with Crippen LogP contribution in [0.4, 0.5) is 5.82 Å². The van der Waals surface area contributed by atoms with Crippen LogP contribution < -0.4 is 10.6 Å². The molecule has 6 heteroatoms. The summed E-state index contributed by atoms with van der Waals surface area (Å²) in [5.41, 5.74) is 1.26. The third-order valence-corrected chi connectivity index (χ3v) is 3.20. The minimum Gasteiger partial charge on any atom is -0.362 e. The standard InChI is InChI=1S/C14H15ClN4O/c1-9(10-5-3-4-6-11(10)15)17-13-8-7-12(18-19-13)14(20)16-2/h3-9H,1-2H3,(H,16,20)(H,17,19). The smallest absolute Gasteiger partial charge is 0.271 e. The topological polar surface area (TPSA) is 66.9 Å². The number of nitrogens with one attached hydrogen (secondary N) is 2. The SMILES string of the molecule is CNC(=O)c1ccc(NC(C)c2ccccc2Cl)nn1. The van der Waals surface area contributed by atoms with Gasteiger partial charge in [-0.25, -0.2) is 0 Å². The zero-order valence-corrected chi connectivity index (χ0v) is 12.0. The number of halogens is 1. The molecule has 2 N–H and O–H groups in total. The lowest BCUT2D eigenvalue weighted by Gasteiger charge is -2.15. The van der Waals surface area contributed by atoms with Crippen molar-refractivity contribution >= 4 is 23.3 Å². The van der Waals surface area contributed by atoms with Gasteiger partial charge in [-0.1, -0.05) is 29.8 Å². The maximum atomic E-state index is 11.4. The van der Waals surface area contributed by atoms with Gasteiger partial charge in [-0.3, -0.25) is 4.79 Å². The van der Waals surface area contributed by atoms with Crippen molar-refractivity contribution in [1.82, 2.24) is 15.5 Å². The van der Waals surface area contributed by atoms with Gasteiger partial charge in [-0.05, 0) is 30.7 Å². The number of carbonyl (C=O) groups is 1. The Morgan fingerprint density at radius 2 is 1.95 bits per heavy atom.